The summed E-state index contributed by atoms with van der Waals surface area (Å²) in [4.78, 5) is 14.9. The molecule has 12 nitrogen and oxygen atoms in total. The molecule has 0 aromatic heterocycles. The van der Waals surface area contributed by atoms with Gasteiger partial charge in [0.2, 0.25) is 11.1 Å². The maximum absolute atomic E-state index is 9.68. The second kappa shape index (κ2) is 24.6. The number of rotatable bonds is 4. The molecule has 2 spiro atoms. The predicted molar refractivity (Wildman–Crippen MR) is 410 cm³/mol. The van der Waals surface area contributed by atoms with Crippen LogP contribution in [0.5, 0.6) is 0 Å². The summed E-state index contributed by atoms with van der Waals surface area (Å²) in [6.45, 7) is 30.2. The molecule has 0 saturated heterocycles. The topological polar surface area (TPSA) is 208 Å². The van der Waals surface area contributed by atoms with E-state index in [4.69, 9.17) is 26.3 Å². The zero-order valence-electron chi connectivity index (χ0n) is 57.7. The molecule has 0 heterocycles. The molecule has 12 heteroatoms. The first-order valence-corrected chi connectivity index (χ1v) is 35.0. The Morgan fingerprint density at radius 2 is 0.454 bits per heavy atom. The largest absolute Gasteiger partial charge is 0.310 e. The molecule has 12 aromatic carbocycles. The van der Waals surface area contributed by atoms with Crippen LogP contribution in [0.25, 0.3) is 108 Å². The number of hydrogen-bond acceptors (Lipinski definition) is 8. The van der Waals surface area contributed by atoms with E-state index in [9.17, 15) is 42.1 Å². The third kappa shape index (κ3) is 9.77. The monoisotopic (exact) mass is 1370 g/mol. The average Bonchev–Trinajstić information content (AvgIpc) is 1.65. The van der Waals surface area contributed by atoms with Crippen LogP contribution in [-0.4, -0.2) is 11.1 Å². The minimum atomic E-state index is -0.809. The highest BCUT2D eigenvalue weighted by atomic mass is 15.0. The molecule has 4 saturated carbocycles. The highest BCUT2D eigenvalue weighted by molar-refractivity contribution is 6.00. The molecule has 0 unspecified atom stereocenters. The molecule has 4 bridgehead atoms. The zero-order chi connectivity index (χ0) is 74.5. The average molecular weight is 1370 g/mol. The van der Waals surface area contributed by atoms with Crippen LogP contribution < -0.4 is 0 Å². The van der Waals surface area contributed by atoms with Crippen LogP contribution in [0.4, 0.5) is 11.4 Å². The van der Waals surface area contributed by atoms with Crippen LogP contribution in [-0.2, 0) is 10.8 Å². The number of hydrogen-bond donors (Lipinski definition) is 0. The van der Waals surface area contributed by atoms with E-state index in [2.05, 4.69) is 141 Å². The van der Waals surface area contributed by atoms with Crippen LogP contribution in [0.15, 0.2) is 243 Å². The van der Waals surface area contributed by atoms with E-state index in [0.717, 1.165) is 111 Å². The fourth-order valence-corrected chi connectivity index (χ4v) is 19.4. The maximum atomic E-state index is 9.68. The van der Waals surface area contributed by atoms with Gasteiger partial charge in [0.15, 0.2) is 11.4 Å². The van der Waals surface area contributed by atoms with Crippen molar-refractivity contribution in [1.82, 2.24) is 0 Å². The van der Waals surface area contributed by atoms with Crippen molar-refractivity contribution < 1.29 is 0 Å². The maximum Gasteiger partial charge on any atom is 0.243 e. The van der Waals surface area contributed by atoms with Gasteiger partial charge in [0.1, 0.15) is 6.42 Å². The highest BCUT2D eigenvalue weighted by Crippen LogP contribution is 2.71. The van der Waals surface area contributed by atoms with Gasteiger partial charge in [0.05, 0.1) is 117 Å². The Morgan fingerprint density at radius 3 is 0.694 bits per heavy atom. The van der Waals surface area contributed by atoms with Gasteiger partial charge in [-0.25, -0.2) is 22.8 Å². The minimum Gasteiger partial charge on any atom is -0.310 e. The lowest BCUT2D eigenvalue weighted by Gasteiger charge is -2.57. The first-order valence-electron chi connectivity index (χ1n) is 35.0. The lowest BCUT2D eigenvalue weighted by molar-refractivity contribution is -0.0549. The normalized spacial score (nSPS) is 19.1. The van der Waals surface area contributed by atoms with E-state index in [1.165, 1.54) is 22.3 Å². The van der Waals surface area contributed by atoms with Crippen molar-refractivity contribution in [2.45, 2.75) is 60.4 Å². The molecule has 0 atom stereocenters. The van der Waals surface area contributed by atoms with E-state index in [1.54, 1.807) is 0 Å². The van der Waals surface area contributed by atoms with Crippen molar-refractivity contribution in [3.8, 4) is 138 Å². The molecule has 0 amide bonds. The molecule has 4 fully saturated rings. The van der Waals surface area contributed by atoms with Crippen LogP contribution >= 0.6 is 0 Å². The second-order valence-electron chi connectivity index (χ2n) is 29.2. The lowest BCUT2D eigenvalue weighted by atomic mass is 9.40. The summed E-state index contributed by atoms with van der Waals surface area (Å²) in [6.07, 6.45) is 3.34. The van der Waals surface area contributed by atoms with Gasteiger partial charge in [0, 0.05) is 25.7 Å². The lowest BCUT2D eigenvalue weighted by Crippen LogP contribution is -2.64. The number of benzene rings is 12. The van der Waals surface area contributed by atoms with Crippen molar-refractivity contribution >= 4 is 11.4 Å². The summed E-state index contributed by atoms with van der Waals surface area (Å²) in [5.41, 5.74) is 25.9. The summed E-state index contributed by atoms with van der Waals surface area (Å²) in [5, 5.41) is 76.6. The van der Waals surface area contributed by atoms with Crippen molar-refractivity contribution in [3.05, 3.63) is 366 Å². The smallest absolute Gasteiger partial charge is 0.243 e. The number of nitrogens with zero attached hydrogens (tertiary/aromatic N) is 12. The van der Waals surface area contributed by atoms with Gasteiger partial charge in [-0.2, -0.15) is 42.1 Å². The Labute approximate surface area is 624 Å². The second-order valence-corrected chi connectivity index (χ2v) is 29.2. The van der Waals surface area contributed by atoms with Crippen LogP contribution in [0.3, 0.4) is 0 Å². The number of nitriles is 8. The van der Waals surface area contributed by atoms with Crippen LogP contribution in [0, 0.1) is 128 Å². The Bertz CT molecular complexity index is 5710. The van der Waals surface area contributed by atoms with E-state index in [1.807, 2.05) is 170 Å². The fourth-order valence-electron chi connectivity index (χ4n) is 19.4. The van der Waals surface area contributed by atoms with Gasteiger partial charge < -0.3 is 9.69 Å². The summed E-state index contributed by atoms with van der Waals surface area (Å²) in [5.74, 6) is 0. The highest BCUT2D eigenvalue weighted by Gasteiger charge is 2.76. The van der Waals surface area contributed by atoms with Gasteiger partial charge in [-0.3, -0.25) is 0 Å². The van der Waals surface area contributed by atoms with Gasteiger partial charge >= 0.3 is 0 Å². The molecule has 108 heavy (non-hydrogen) atoms. The molecule has 0 N–H and O–H groups in total. The van der Waals surface area contributed by atoms with E-state index < -0.39 is 32.7 Å². The molecule has 496 valence electrons. The van der Waals surface area contributed by atoms with Crippen LogP contribution in [0.2, 0.25) is 0 Å². The zero-order valence-corrected chi connectivity index (χ0v) is 57.7. The van der Waals surface area contributed by atoms with Crippen molar-refractivity contribution in [1.29, 1.82) is 42.1 Å². The Hall–Kier alpha value is -15.5. The van der Waals surface area contributed by atoms with Gasteiger partial charge in [-0.1, -0.05) is 146 Å². The molecule has 0 aliphatic heterocycles. The first kappa shape index (κ1) is 65.8. The molecule has 0 radical (unpaired) electrons. The quantitative estimate of drug-likeness (QED) is 0.154. The molecule has 12 aromatic rings. The van der Waals surface area contributed by atoms with Crippen molar-refractivity contribution in [2.75, 3.05) is 0 Å². The standard InChI is InChI=1S/C53H28N4.C29H12N4.C14H12N4/c54-29-33-1-9-37(10-2-33)41-17-21-45-46-22-18-42(38-11-3-34(30-55)4-12-38)26-50(46)53(49(45)25-41)51-27-43(39-13-5-35(31-56)6-14-39)19-23-47(51)48-24-20-44(28-52(48)53)40-15-7-36(32-57)8-16-40;1-32-19-5-9-23-24-10-6-20(33-2)14-28(24)29(27(23)13-19)25-11-17(15-30)3-7-21(25)22-8-4-18(16-31)12-26(22)29;1-17-13-4-11(9-15)3-12(5-13,10-16)7-14(6-11,8-13)18-2/h1-28H;3-14H;3-8H2. The minimum absolute atomic E-state index is 0.522. The first-order chi connectivity index (χ1) is 52.6. The SMILES string of the molecule is N#Cc1ccc(-c2ccc3c(c2)C2(c4cc(-c5ccc(C#N)cc5)ccc4-3)c3cc(-c4ccc(C#N)cc4)ccc3-c3ccc(-c4ccc(C#N)cc4)cc32)cc1.[C-]#[N+]C12CC3(C#N)CC(C#N)(C1)CC([N+]#[C-])(C3)C2.[C-]#[N+]c1ccc2c(c1)C1(c3cc(C#N)ccc3-c3ccc(C#N)cc31)c1cc([N+]#[C-])ccc1-2. The Kier molecular flexibility index (Phi) is 15.0. The van der Waals surface area contributed by atoms with E-state index in [-0.39, 0.29) is 0 Å². The van der Waals surface area contributed by atoms with Gasteiger partial charge in [-0.15, -0.1) is 0 Å². The molecular weight excluding hydrogens is 1320 g/mol. The summed E-state index contributed by atoms with van der Waals surface area (Å²) in [7, 11) is 0. The fraction of sp³-hybridized carbons (Fsp3) is 0.125. The molecule has 20 rings (SSSR count). The number of fused-ring (bicyclic) bond motifs is 20. The van der Waals surface area contributed by atoms with Crippen molar-refractivity contribution in [3.63, 3.8) is 0 Å². The Balaban J connectivity index is 0.000000139. The third-order valence-corrected chi connectivity index (χ3v) is 23.4. The summed E-state index contributed by atoms with van der Waals surface area (Å²) >= 11 is 0. The summed E-state index contributed by atoms with van der Waals surface area (Å²) in [6, 6.07) is 99.0. The Morgan fingerprint density at radius 1 is 0.231 bits per heavy atom. The van der Waals surface area contributed by atoms with Crippen molar-refractivity contribution in [2.24, 2.45) is 10.8 Å². The van der Waals surface area contributed by atoms with Crippen LogP contribution in [0.1, 0.15) is 116 Å². The summed E-state index contributed by atoms with van der Waals surface area (Å²) < 4.78 is 0. The van der Waals surface area contributed by atoms with E-state index in [0.29, 0.717) is 83.3 Å². The van der Waals surface area contributed by atoms with Gasteiger partial charge in [0.25, 0.3) is 0 Å². The third-order valence-electron chi connectivity index (χ3n) is 23.4. The molecule has 8 aliphatic rings. The predicted octanol–water partition coefficient (Wildman–Crippen LogP) is 21.8. The molecule has 8 aliphatic carbocycles. The van der Waals surface area contributed by atoms with E-state index >= 15 is 0 Å². The van der Waals surface area contributed by atoms with Gasteiger partial charge in [-0.05, 0) is 237 Å². The molecular formula is C96H52N12.